The van der Waals surface area contributed by atoms with E-state index in [2.05, 4.69) is 15.2 Å². The molecule has 6 nitrogen and oxygen atoms in total. The Morgan fingerprint density at radius 2 is 1.84 bits per heavy atom. The molecule has 1 fully saturated rings. The number of anilines is 3. The summed E-state index contributed by atoms with van der Waals surface area (Å²) in [6.07, 6.45) is 1.26. The number of ether oxygens (including phenoxy) is 1. The highest BCUT2D eigenvalue weighted by Crippen LogP contribution is 2.35. The highest BCUT2D eigenvalue weighted by atomic mass is 19.1. The maximum Gasteiger partial charge on any atom is 0.341 e. The average Bonchev–Trinajstić information content (AvgIpc) is 2.76. The molecule has 0 atom stereocenters. The van der Waals surface area contributed by atoms with Crippen LogP contribution < -0.4 is 10.2 Å². The molecule has 168 valence electrons. The zero-order chi connectivity index (χ0) is 22.8. The summed E-state index contributed by atoms with van der Waals surface area (Å²) in [5, 5.41) is 3.30. The second-order valence-corrected chi connectivity index (χ2v) is 7.63. The normalized spacial score (nSPS) is 14.6. The largest absolute Gasteiger partial charge is 0.462 e. The molecular weight excluding hydrogens is 421 g/mol. The van der Waals surface area contributed by atoms with E-state index in [1.807, 2.05) is 11.9 Å². The van der Waals surface area contributed by atoms with Crippen LogP contribution in [0.2, 0.25) is 0 Å². The predicted molar refractivity (Wildman–Crippen MR) is 117 cm³/mol. The van der Waals surface area contributed by atoms with Gasteiger partial charge in [-0.05, 0) is 32.2 Å². The van der Waals surface area contributed by atoms with E-state index in [9.17, 15) is 18.0 Å². The second kappa shape index (κ2) is 9.04. The SMILES string of the molecule is CCOC(=O)c1cnc2cc(F)c(N3CCN(C)CC3)cc2c1Nc1ccc(F)cc1F. The summed E-state index contributed by atoms with van der Waals surface area (Å²) in [4.78, 5) is 20.9. The first-order valence-corrected chi connectivity index (χ1v) is 10.3. The number of pyridine rings is 1. The molecule has 1 aliphatic heterocycles. The second-order valence-electron chi connectivity index (χ2n) is 7.63. The number of aromatic nitrogens is 1. The first kappa shape index (κ1) is 21.9. The Bertz CT molecular complexity index is 1160. The molecule has 2 heterocycles. The Morgan fingerprint density at radius 3 is 2.53 bits per heavy atom. The number of benzene rings is 2. The van der Waals surface area contributed by atoms with Crippen LogP contribution in [-0.4, -0.2) is 55.7 Å². The van der Waals surface area contributed by atoms with Gasteiger partial charge in [-0.3, -0.25) is 4.98 Å². The van der Waals surface area contributed by atoms with Gasteiger partial charge >= 0.3 is 5.97 Å². The highest BCUT2D eigenvalue weighted by Gasteiger charge is 2.22. The Labute approximate surface area is 183 Å². The van der Waals surface area contributed by atoms with Gasteiger partial charge in [0.2, 0.25) is 0 Å². The van der Waals surface area contributed by atoms with E-state index >= 15 is 0 Å². The zero-order valence-electron chi connectivity index (χ0n) is 17.8. The minimum Gasteiger partial charge on any atom is -0.462 e. The van der Waals surface area contributed by atoms with Gasteiger partial charge in [0.25, 0.3) is 0 Å². The van der Waals surface area contributed by atoms with E-state index in [0.29, 0.717) is 29.7 Å². The van der Waals surface area contributed by atoms with Gasteiger partial charge in [0, 0.05) is 49.9 Å². The quantitative estimate of drug-likeness (QED) is 0.592. The fourth-order valence-electron chi connectivity index (χ4n) is 3.72. The van der Waals surface area contributed by atoms with Crippen molar-refractivity contribution in [2.45, 2.75) is 6.92 Å². The zero-order valence-corrected chi connectivity index (χ0v) is 17.8. The van der Waals surface area contributed by atoms with Crippen molar-refractivity contribution in [1.29, 1.82) is 0 Å². The molecule has 1 aromatic heterocycles. The number of nitrogens with one attached hydrogen (secondary N) is 1. The summed E-state index contributed by atoms with van der Waals surface area (Å²) in [6.45, 7) is 4.64. The van der Waals surface area contributed by atoms with Crippen LogP contribution in [0.4, 0.5) is 30.2 Å². The number of likely N-dealkylation sites (N-methyl/N-ethyl adjacent to an activating group) is 1. The number of halogens is 3. The molecule has 1 aliphatic rings. The third kappa shape index (κ3) is 4.34. The Kier molecular flexibility index (Phi) is 6.18. The molecule has 9 heteroatoms. The fourth-order valence-corrected chi connectivity index (χ4v) is 3.72. The molecule has 0 bridgehead atoms. The van der Waals surface area contributed by atoms with Gasteiger partial charge in [-0.2, -0.15) is 0 Å². The molecule has 0 spiro atoms. The number of esters is 1. The number of rotatable bonds is 5. The van der Waals surface area contributed by atoms with E-state index in [1.165, 1.54) is 18.3 Å². The van der Waals surface area contributed by atoms with Gasteiger partial charge in [0.15, 0.2) is 0 Å². The van der Waals surface area contributed by atoms with Crippen molar-refractivity contribution in [3.8, 4) is 0 Å². The third-order valence-electron chi connectivity index (χ3n) is 5.47. The Balaban J connectivity index is 1.86. The minimum absolute atomic E-state index is 0.0325. The first-order valence-electron chi connectivity index (χ1n) is 10.3. The van der Waals surface area contributed by atoms with Crippen molar-refractivity contribution < 1.29 is 22.7 Å². The van der Waals surface area contributed by atoms with E-state index in [4.69, 9.17) is 4.74 Å². The maximum atomic E-state index is 14.9. The van der Waals surface area contributed by atoms with Crippen molar-refractivity contribution in [2.24, 2.45) is 0 Å². The highest BCUT2D eigenvalue weighted by molar-refractivity contribution is 6.06. The van der Waals surface area contributed by atoms with Crippen LogP contribution in [-0.2, 0) is 4.74 Å². The summed E-state index contributed by atoms with van der Waals surface area (Å²) in [5.74, 6) is -2.64. The first-order chi connectivity index (χ1) is 15.4. The molecule has 0 radical (unpaired) electrons. The lowest BCUT2D eigenvalue weighted by molar-refractivity contribution is 0.0527. The number of hydrogen-bond acceptors (Lipinski definition) is 6. The van der Waals surface area contributed by atoms with Gasteiger partial charge in [0.05, 0.1) is 29.2 Å². The smallest absolute Gasteiger partial charge is 0.341 e. The molecule has 4 rings (SSSR count). The molecule has 2 aromatic carbocycles. The van der Waals surface area contributed by atoms with Crippen LogP contribution in [0.1, 0.15) is 17.3 Å². The molecular formula is C23H23F3N4O2. The predicted octanol–water partition coefficient (Wildman–Crippen LogP) is 4.32. The number of nitrogens with zero attached hydrogens (tertiary/aromatic N) is 3. The molecule has 3 aromatic rings. The summed E-state index contributed by atoms with van der Waals surface area (Å²) < 4.78 is 47.8. The molecule has 0 amide bonds. The maximum absolute atomic E-state index is 14.9. The van der Waals surface area contributed by atoms with Crippen LogP contribution in [0.5, 0.6) is 0 Å². The van der Waals surface area contributed by atoms with Gasteiger partial charge in [-0.1, -0.05) is 0 Å². The summed E-state index contributed by atoms with van der Waals surface area (Å²) in [6, 6.07) is 5.98. The van der Waals surface area contributed by atoms with Crippen molar-refractivity contribution in [3.05, 3.63) is 59.5 Å². The van der Waals surface area contributed by atoms with Crippen LogP contribution in [0.25, 0.3) is 10.9 Å². The van der Waals surface area contributed by atoms with Crippen molar-refractivity contribution in [1.82, 2.24) is 9.88 Å². The van der Waals surface area contributed by atoms with E-state index < -0.39 is 23.4 Å². The number of carbonyl (C=O) groups is 1. The molecule has 0 saturated carbocycles. The third-order valence-corrected chi connectivity index (χ3v) is 5.47. The van der Waals surface area contributed by atoms with Crippen LogP contribution in [0, 0.1) is 17.5 Å². The molecule has 0 aliphatic carbocycles. The molecule has 32 heavy (non-hydrogen) atoms. The number of carbonyl (C=O) groups excluding carboxylic acids is 1. The lowest BCUT2D eigenvalue weighted by Gasteiger charge is -2.34. The summed E-state index contributed by atoms with van der Waals surface area (Å²) in [5.41, 5.74) is 0.915. The van der Waals surface area contributed by atoms with Crippen molar-refractivity contribution in [3.63, 3.8) is 0 Å². The monoisotopic (exact) mass is 444 g/mol. The van der Waals surface area contributed by atoms with Gasteiger partial charge in [-0.15, -0.1) is 0 Å². The lowest BCUT2D eigenvalue weighted by atomic mass is 10.1. The molecule has 0 unspecified atom stereocenters. The molecule has 1 N–H and O–H groups in total. The lowest BCUT2D eigenvalue weighted by Crippen LogP contribution is -2.44. The summed E-state index contributed by atoms with van der Waals surface area (Å²) >= 11 is 0. The Hall–Kier alpha value is -3.33. The number of hydrogen-bond donors (Lipinski definition) is 1. The fraction of sp³-hybridized carbons (Fsp3) is 0.304. The van der Waals surface area contributed by atoms with E-state index in [-0.39, 0.29) is 23.5 Å². The van der Waals surface area contributed by atoms with Gasteiger partial charge < -0.3 is 19.9 Å². The number of fused-ring (bicyclic) bond motifs is 1. The standard InChI is InChI=1S/C23H23F3N4O2/c1-3-32-23(31)16-13-27-20-12-18(26)21(30-8-6-29(2)7-9-30)11-15(20)22(16)28-19-5-4-14(24)10-17(19)25/h4-5,10-13H,3,6-9H2,1-2H3,(H,27,28). The van der Waals surface area contributed by atoms with Crippen LogP contribution in [0.15, 0.2) is 36.5 Å². The van der Waals surface area contributed by atoms with Crippen LogP contribution in [0.3, 0.4) is 0 Å². The summed E-state index contributed by atoms with van der Waals surface area (Å²) in [7, 11) is 2.00. The average molecular weight is 444 g/mol. The van der Waals surface area contributed by atoms with E-state index in [1.54, 1.807) is 13.0 Å². The topological polar surface area (TPSA) is 57.7 Å². The van der Waals surface area contributed by atoms with Gasteiger partial charge in [0.1, 0.15) is 23.0 Å². The minimum atomic E-state index is -0.828. The Morgan fingerprint density at radius 1 is 1.09 bits per heavy atom. The van der Waals surface area contributed by atoms with E-state index in [0.717, 1.165) is 25.2 Å². The van der Waals surface area contributed by atoms with Crippen molar-refractivity contribution in [2.75, 3.05) is 50.1 Å². The number of piperazine rings is 1. The van der Waals surface area contributed by atoms with Crippen LogP contribution >= 0.6 is 0 Å². The van der Waals surface area contributed by atoms with Crippen molar-refractivity contribution >= 4 is 33.9 Å². The van der Waals surface area contributed by atoms with Gasteiger partial charge in [-0.25, -0.2) is 18.0 Å². The molecule has 1 saturated heterocycles.